The summed E-state index contributed by atoms with van der Waals surface area (Å²) in [4.78, 5) is 15.9. The summed E-state index contributed by atoms with van der Waals surface area (Å²) in [6.45, 7) is 2.71. The van der Waals surface area contributed by atoms with E-state index in [0.29, 0.717) is 17.9 Å². The minimum absolute atomic E-state index is 0. The number of pyridine rings is 1. The van der Waals surface area contributed by atoms with E-state index < -0.39 is 12.8 Å². The van der Waals surface area contributed by atoms with Crippen LogP contribution < -0.4 is 15.4 Å². The lowest BCUT2D eigenvalue weighted by Crippen LogP contribution is -2.33. The largest absolute Gasteiger partial charge is 0.468 e. The fourth-order valence-corrected chi connectivity index (χ4v) is 2.98. The molecule has 1 aromatic heterocycles. The van der Waals surface area contributed by atoms with Gasteiger partial charge in [0.25, 0.3) is 0 Å². The van der Waals surface area contributed by atoms with E-state index in [2.05, 4.69) is 22.5 Å². The molecule has 10 heteroatoms. The van der Waals surface area contributed by atoms with Crippen molar-refractivity contribution in [2.45, 2.75) is 38.9 Å². The molecule has 1 aliphatic heterocycles. The molecule has 1 atom stereocenters. The topological polar surface area (TPSA) is 63.2 Å². The number of carbonyl (C=O) groups excluding carboxylic acids is 1. The summed E-state index contributed by atoms with van der Waals surface area (Å²) in [5.41, 5.74) is 0.426. The molecule has 156 valence electrons. The first-order valence-corrected chi connectivity index (χ1v) is 8.46. The van der Waals surface area contributed by atoms with Gasteiger partial charge in [-0.2, -0.15) is 13.2 Å². The van der Waals surface area contributed by atoms with Gasteiger partial charge in [-0.3, -0.25) is 4.79 Å². The van der Waals surface area contributed by atoms with Gasteiger partial charge in [0.05, 0.1) is 0 Å². The first-order valence-electron chi connectivity index (χ1n) is 8.46. The number of nitrogens with zero attached hydrogens (tertiary/aromatic N) is 1. The number of aromatic nitrogens is 1. The third-order valence-electron chi connectivity index (χ3n) is 4.39. The van der Waals surface area contributed by atoms with Crippen LogP contribution in [0.25, 0.3) is 0 Å². The number of piperidine rings is 1. The van der Waals surface area contributed by atoms with Crippen molar-refractivity contribution >= 4 is 30.7 Å². The van der Waals surface area contributed by atoms with Gasteiger partial charge >= 0.3 is 6.18 Å². The molecule has 1 unspecified atom stereocenters. The minimum Gasteiger partial charge on any atom is -0.468 e. The second kappa shape index (κ2) is 12.3. The highest BCUT2D eigenvalue weighted by Crippen LogP contribution is 2.24. The maximum absolute atomic E-state index is 12.3. The van der Waals surface area contributed by atoms with Gasteiger partial charge in [0.1, 0.15) is 0 Å². The molecule has 0 bridgehead atoms. The van der Waals surface area contributed by atoms with Crippen molar-refractivity contribution in [1.82, 2.24) is 15.6 Å². The predicted octanol–water partition coefficient (Wildman–Crippen LogP) is 3.51. The Morgan fingerprint density at radius 1 is 1.37 bits per heavy atom. The number of amides is 1. The van der Waals surface area contributed by atoms with E-state index in [4.69, 9.17) is 4.74 Å². The summed E-state index contributed by atoms with van der Waals surface area (Å²) in [5.74, 6) is 0.580. The van der Waals surface area contributed by atoms with E-state index >= 15 is 0 Å². The molecule has 2 N–H and O–H groups in total. The van der Waals surface area contributed by atoms with Crippen LogP contribution in [0.3, 0.4) is 0 Å². The van der Waals surface area contributed by atoms with Gasteiger partial charge in [-0.1, -0.05) is 13.0 Å². The normalized spacial score (nSPS) is 15.9. The first kappa shape index (κ1) is 25.8. The Morgan fingerprint density at radius 3 is 2.67 bits per heavy atom. The Hall–Kier alpha value is -1.25. The first-order chi connectivity index (χ1) is 11.8. The van der Waals surface area contributed by atoms with Crippen molar-refractivity contribution in [3.05, 3.63) is 23.9 Å². The maximum Gasteiger partial charge on any atom is 0.422 e. The zero-order valence-corrected chi connectivity index (χ0v) is 16.7. The molecular weight excluding hydrogens is 406 g/mol. The maximum atomic E-state index is 12.3. The van der Waals surface area contributed by atoms with Crippen molar-refractivity contribution in [1.29, 1.82) is 0 Å². The number of alkyl halides is 3. The average molecular weight is 432 g/mol. The molecular formula is C17H26Cl2F3N3O2. The molecule has 1 fully saturated rings. The van der Waals surface area contributed by atoms with Gasteiger partial charge in [-0.25, -0.2) is 4.98 Å². The number of ether oxygens (including phenoxy) is 1. The third kappa shape index (κ3) is 9.48. The van der Waals surface area contributed by atoms with Crippen LogP contribution in [0.1, 0.15) is 31.7 Å². The van der Waals surface area contributed by atoms with E-state index in [9.17, 15) is 18.0 Å². The molecule has 1 aliphatic rings. The number of hydrogen-bond donors (Lipinski definition) is 2. The van der Waals surface area contributed by atoms with E-state index in [0.717, 1.165) is 25.9 Å². The molecule has 27 heavy (non-hydrogen) atoms. The smallest absolute Gasteiger partial charge is 0.422 e. The molecule has 1 aromatic rings. The molecule has 1 saturated heterocycles. The van der Waals surface area contributed by atoms with Crippen LogP contribution in [0.5, 0.6) is 5.88 Å². The van der Waals surface area contributed by atoms with E-state index in [-0.39, 0.29) is 49.1 Å². The van der Waals surface area contributed by atoms with Gasteiger partial charge in [0.2, 0.25) is 11.8 Å². The van der Waals surface area contributed by atoms with Crippen molar-refractivity contribution in [2.24, 2.45) is 11.8 Å². The summed E-state index contributed by atoms with van der Waals surface area (Å²) in [6.07, 6.45) is -0.541. The van der Waals surface area contributed by atoms with E-state index in [1.165, 1.54) is 6.20 Å². The van der Waals surface area contributed by atoms with Crippen molar-refractivity contribution in [3.63, 3.8) is 0 Å². The minimum atomic E-state index is -4.43. The molecule has 1 amide bonds. The van der Waals surface area contributed by atoms with E-state index in [1.54, 1.807) is 12.1 Å². The molecule has 0 aliphatic carbocycles. The summed E-state index contributed by atoms with van der Waals surface area (Å²) in [7, 11) is 0. The average Bonchev–Trinajstić information content (AvgIpc) is 2.59. The lowest BCUT2D eigenvalue weighted by molar-refractivity contribution is -0.154. The third-order valence-corrected chi connectivity index (χ3v) is 4.39. The Labute approximate surface area is 169 Å². The fraction of sp³-hybridized carbons (Fsp3) is 0.647. The Bertz CT molecular complexity index is 571. The molecule has 0 radical (unpaired) electrons. The van der Waals surface area contributed by atoms with Crippen LogP contribution in [0.4, 0.5) is 13.2 Å². The van der Waals surface area contributed by atoms with Crippen molar-refractivity contribution < 1.29 is 22.7 Å². The van der Waals surface area contributed by atoms with Gasteiger partial charge in [-0.05, 0) is 43.8 Å². The zero-order chi connectivity index (χ0) is 18.3. The van der Waals surface area contributed by atoms with Crippen LogP contribution in [0, 0.1) is 11.8 Å². The summed E-state index contributed by atoms with van der Waals surface area (Å²) >= 11 is 0. The standard InChI is InChI=1S/C17H24F3N3O2.2ClH/c1-12(13-4-7-21-8-5-13)9-15(24)23-10-14-3-2-6-22-16(14)25-11-17(18,19)20;;/h2-3,6,12-13,21H,4-5,7-11H2,1H3,(H,23,24);2*1H. The Balaban J connectivity index is 0.00000338. The molecule has 2 rings (SSSR count). The number of rotatable bonds is 7. The van der Waals surface area contributed by atoms with Crippen LogP contribution in [-0.2, 0) is 11.3 Å². The SMILES string of the molecule is CC(CC(=O)NCc1cccnc1OCC(F)(F)F)C1CCNCC1.Cl.Cl. The molecule has 0 saturated carbocycles. The summed E-state index contributed by atoms with van der Waals surface area (Å²) in [6, 6.07) is 3.19. The Kier molecular flexibility index (Phi) is 11.7. The second-order valence-electron chi connectivity index (χ2n) is 6.42. The molecule has 0 spiro atoms. The van der Waals surface area contributed by atoms with Gasteiger partial charge < -0.3 is 15.4 Å². The summed E-state index contributed by atoms with van der Waals surface area (Å²) < 4.78 is 41.6. The van der Waals surface area contributed by atoms with Gasteiger partial charge in [0, 0.05) is 24.7 Å². The molecule has 0 aromatic carbocycles. The van der Waals surface area contributed by atoms with Gasteiger partial charge in [0.15, 0.2) is 6.61 Å². The zero-order valence-electron chi connectivity index (χ0n) is 15.1. The number of nitrogens with one attached hydrogen (secondary N) is 2. The van der Waals surface area contributed by atoms with Crippen LogP contribution in [0.2, 0.25) is 0 Å². The molecule has 2 heterocycles. The second-order valence-corrected chi connectivity index (χ2v) is 6.42. The van der Waals surface area contributed by atoms with E-state index in [1.807, 2.05) is 0 Å². The quantitative estimate of drug-likeness (QED) is 0.693. The number of hydrogen-bond acceptors (Lipinski definition) is 4. The van der Waals surface area contributed by atoms with Crippen molar-refractivity contribution in [3.8, 4) is 5.88 Å². The number of halogens is 5. The lowest BCUT2D eigenvalue weighted by Gasteiger charge is -2.27. The monoisotopic (exact) mass is 431 g/mol. The van der Waals surface area contributed by atoms with Crippen LogP contribution in [-0.4, -0.2) is 36.8 Å². The predicted molar refractivity (Wildman–Crippen MR) is 102 cm³/mol. The fourth-order valence-electron chi connectivity index (χ4n) is 2.98. The Morgan fingerprint density at radius 2 is 2.04 bits per heavy atom. The van der Waals surface area contributed by atoms with Crippen molar-refractivity contribution in [2.75, 3.05) is 19.7 Å². The lowest BCUT2D eigenvalue weighted by atomic mass is 9.84. The van der Waals surface area contributed by atoms with Crippen LogP contribution in [0.15, 0.2) is 18.3 Å². The summed E-state index contributed by atoms with van der Waals surface area (Å²) in [5, 5.41) is 6.05. The van der Waals surface area contributed by atoms with Crippen LogP contribution >= 0.6 is 24.8 Å². The van der Waals surface area contributed by atoms with Gasteiger partial charge in [-0.15, -0.1) is 24.8 Å². The number of carbonyl (C=O) groups is 1. The highest BCUT2D eigenvalue weighted by Gasteiger charge is 2.29. The molecule has 5 nitrogen and oxygen atoms in total. The highest BCUT2D eigenvalue weighted by atomic mass is 35.5. The highest BCUT2D eigenvalue weighted by molar-refractivity contribution is 5.85.